The van der Waals surface area contributed by atoms with Gasteiger partial charge in [0, 0.05) is 59.8 Å². The number of piperidine rings is 1. The molecule has 10 heteroatoms. The van der Waals surface area contributed by atoms with E-state index in [9.17, 15) is 9.59 Å². The van der Waals surface area contributed by atoms with Crippen LogP contribution >= 0.6 is 11.6 Å². The summed E-state index contributed by atoms with van der Waals surface area (Å²) in [6.45, 7) is 6.15. The van der Waals surface area contributed by atoms with Gasteiger partial charge in [0.25, 0.3) is 0 Å². The number of fused-ring (bicyclic) bond motifs is 2. The lowest BCUT2D eigenvalue weighted by atomic mass is 10.0. The highest BCUT2D eigenvalue weighted by Gasteiger charge is 2.31. The molecule has 1 fully saturated rings. The van der Waals surface area contributed by atoms with E-state index in [0.29, 0.717) is 36.1 Å². The van der Waals surface area contributed by atoms with Crippen LogP contribution in [0.3, 0.4) is 0 Å². The predicted molar refractivity (Wildman–Crippen MR) is 162 cm³/mol. The maximum absolute atomic E-state index is 13.6. The van der Waals surface area contributed by atoms with E-state index in [0.717, 1.165) is 47.0 Å². The van der Waals surface area contributed by atoms with Crippen molar-refractivity contribution < 1.29 is 9.59 Å². The Hall–Kier alpha value is -4.11. The van der Waals surface area contributed by atoms with Gasteiger partial charge in [-0.05, 0) is 50.8 Å². The first-order valence-electron chi connectivity index (χ1n) is 14.2. The van der Waals surface area contributed by atoms with Gasteiger partial charge in [-0.3, -0.25) is 4.79 Å². The molecular weight excluding hydrogens is 538 g/mol. The maximum Gasteiger partial charge on any atom is 0.322 e. The normalized spacial score (nSPS) is 16.0. The summed E-state index contributed by atoms with van der Waals surface area (Å²) in [6, 6.07) is 15.8. The van der Waals surface area contributed by atoms with E-state index in [1.807, 2.05) is 63.0 Å². The molecule has 1 saturated heterocycles. The van der Waals surface area contributed by atoms with Gasteiger partial charge < -0.3 is 25.0 Å². The summed E-state index contributed by atoms with van der Waals surface area (Å²) in [6.07, 6.45) is 5.79. The molecule has 2 aliphatic rings. The monoisotopic (exact) mass is 571 g/mol. The third-order valence-electron chi connectivity index (χ3n) is 7.95. The lowest BCUT2D eigenvalue weighted by Crippen LogP contribution is -2.50. The fourth-order valence-corrected chi connectivity index (χ4v) is 6.16. The van der Waals surface area contributed by atoms with E-state index in [1.165, 1.54) is 6.33 Å². The van der Waals surface area contributed by atoms with Crippen LogP contribution in [0.15, 0.2) is 61.1 Å². The zero-order valence-electron chi connectivity index (χ0n) is 23.3. The summed E-state index contributed by atoms with van der Waals surface area (Å²) in [7, 11) is 0. The lowest BCUT2D eigenvalue weighted by molar-refractivity contribution is -0.133. The van der Waals surface area contributed by atoms with Gasteiger partial charge >= 0.3 is 6.03 Å². The zero-order chi connectivity index (χ0) is 28.5. The molecule has 0 radical (unpaired) electrons. The largest absolute Gasteiger partial charge is 0.367 e. The highest BCUT2D eigenvalue weighted by molar-refractivity contribution is 6.33. The molecular formula is C31H34ClN7O2. The van der Waals surface area contributed by atoms with Gasteiger partial charge in [-0.25, -0.2) is 14.8 Å². The van der Waals surface area contributed by atoms with Crippen LogP contribution in [-0.2, 0) is 17.8 Å². The number of amides is 3. The third kappa shape index (κ3) is 5.46. The molecule has 9 nitrogen and oxygen atoms in total. The first kappa shape index (κ1) is 27.1. The molecule has 2 N–H and O–H groups in total. The Kier molecular flexibility index (Phi) is 7.53. The Labute approximate surface area is 244 Å². The van der Waals surface area contributed by atoms with Gasteiger partial charge in [-0.2, -0.15) is 0 Å². The summed E-state index contributed by atoms with van der Waals surface area (Å²) >= 11 is 6.60. The number of nitrogens with zero attached hydrogens (tertiary/aromatic N) is 5. The van der Waals surface area contributed by atoms with Gasteiger partial charge in [0.15, 0.2) is 0 Å². The number of rotatable bonds is 6. The smallest absolute Gasteiger partial charge is 0.322 e. The van der Waals surface area contributed by atoms with Crippen molar-refractivity contribution in [2.45, 2.75) is 51.7 Å². The highest BCUT2D eigenvalue weighted by atomic mass is 35.5. The van der Waals surface area contributed by atoms with Gasteiger partial charge in [-0.15, -0.1) is 0 Å². The third-order valence-corrected chi connectivity index (χ3v) is 8.28. The van der Waals surface area contributed by atoms with E-state index in [4.69, 9.17) is 11.6 Å². The molecule has 4 aromatic rings. The highest BCUT2D eigenvalue weighted by Crippen LogP contribution is 2.37. The van der Waals surface area contributed by atoms with Crippen LogP contribution in [0.4, 0.5) is 16.3 Å². The molecule has 2 aliphatic heterocycles. The summed E-state index contributed by atoms with van der Waals surface area (Å²) < 4.78 is 1.90. The van der Waals surface area contributed by atoms with Gasteiger partial charge in [0.2, 0.25) is 5.91 Å². The molecule has 0 unspecified atom stereocenters. The fraction of sp³-hybridized carbons (Fsp3) is 0.355. The van der Waals surface area contributed by atoms with Crippen molar-refractivity contribution in [2.24, 2.45) is 0 Å². The van der Waals surface area contributed by atoms with E-state index in [2.05, 4.69) is 40.5 Å². The molecule has 212 valence electrons. The molecule has 0 aliphatic carbocycles. The van der Waals surface area contributed by atoms with Crippen LogP contribution in [0.25, 0.3) is 22.2 Å². The number of para-hydroxylation sites is 1. The second-order valence-electron chi connectivity index (χ2n) is 11.0. The Morgan fingerprint density at radius 2 is 1.80 bits per heavy atom. The number of likely N-dealkylation sites (tertiary alicyclic amines) is 1. The Balaban J connectivity index is 1.19. The van der Waals surface area contributed by atoms with Gasteiger partial charge in [0.05, 0.1) is 5.39 Å². The van der Waals surface area contributed by atoms with E-state index in [-0.39, 0.29) is 30.6 Å². The second kappa shape index (κ2) is 11.4. The summed E-state index contributed by atoms with van der Waals surface area (Å²) in [5.41, 5.74) is 4.47. The van der Waals surface area contributed by atoms with Crippen LogP contribution in [0.5, 0.6) is 0 Å². The number of benzene rings is 2. The molecule has 0 atom stereocenters. The van der Waals surface area contributed by atoms with Crippen molar-refractivity contribution in [3.05, 3.63) is 71.6 Å². The zero-order valence-corrected chi connectivity index (χ0v) is 24.1. The molecule has 41 heavy (non-hydrogen) atoms. The summed E-state index contributed by atoms with van der Waals surface area (Å²) in [5, 5.41) is 7.95. The van der Waals surface area contributed by atoms with Crippen molar-refractivity contribution >= 4 is 46.1 Å². The molecule has 0 spiro atoms. The van der Waals surface area contributed by atoms with Crippen LogP contribution in [0.2, 0.25) is 5.02 Å². The van der Waals surface area contributed by atoms with E-state index in [1.54, 1.807) is 0 Å². The number of hydrogen-bond acceptors (Lipinski definition) is 5. The topological polar surface area (TPSA) is 95.4 Å². The molecule has 3 amide bonds. The summed E-state index contributed by atoms with van der Waals surface area (Å²) in [4.78, 5) is 39.5. The Morgan fingerprint density at radius 3 is 2.59 bits per heavy atom. The van der Waals surface area contributed by atoms with Crippen LogP contribution in [-0.4, -0.2) is 68.0 Å². The van der Waals surface area contributed by atoms with Gasteiger partial charge in [0.1, 0.15) is 24.3 Å². The van der Waals surface area contributed by atoms with Crippen molar-refractivity contribution in [3.8, 4) is 11.1 Å². The van der Waals surface area contributed by atoms with Crippen molar-refractivity contribution in [3.63, 3.8) is 0 Å². The number of carbonyl (C=O) groups excluding carboxylic acids is 2. The molecule has 2 aromatic heterocycles. The Bertz CT molecular complexity index is 1590. The SMILES string of the molecule is CC(C)Nc1ncnc2c1c(-c1ccccc1Cl)cn2CC(=O)N1CCC(N2CCc3ccccc3NC2=O)CC1. The molecule has 2 aromatic carbocycles. The predicted octanol–water partition coefficient (Wildman–Crippen LogP) is 5.65. The first-order chi connectivity index (χ1) is 19.9. The number of nitrogens with one attached hydrogen (secondary N) is 2. The number of halogens is 1. The van der Waals surface area contributed by atoms with Crippen LogP contribution < -0.4 is 10.6 Å². The van der Waals surface area contributed by atoms with Crippen molar-refractivity contribution in [2.75, 3.05) is 30.3 Å². The molecule has 0 saturated carbocycles. The minimum absolute atomic E-state index is 0.0239. The maximum atomic E-state index is 13.6. The fourth-order valence-electron chi connectivity index (χ4n) is 5.92. The average Bonchev–Trinajstić information content (AvgIpc) is 3.23. The minimum Gasteiger partial charge on any atom is -0.367 e. The number of aromatic nitrogens is 3. The van der Waals surface area contributed by atoms with Crippen LogP contribution in [0.1, 0.15) is 32.3 Å². The number of urea groups is 1. The van der Waals surface area contributed by atoms with Crippen molar-refractivity contribution in [1.82, 2.24) is 24.3 Å². The molecule has 4 heterocycles. The molecule has 0 bridgehead atoms. The lowest BCUT2D eigenvalue weighted by Gasteiger charge is -2.38. The standard InChI is InChI=1S/C31H34ClN7O2/c1-20(2)35-29-28-24(23-8-4-5-9-25(23)32)17-38(30(28)34-19-33-29)18-27(40)37-14-12-22(13-15-37)39-16-11-21-7-3-6-10-26(21)36-31(39)41/h3-10,17,19-20,22H,11-16,18H2,1-2H3,(H,36,41)(H,33,34,35). The van der Waals surface area contributed by atoms with E-state index >= 15 is 0 Å². The van der Waals surface area contributed by atoms with Crippen molar-refractivity contribution in [1.29, 1.82) is 0 Å². The van der Waals surface area contributed by atoms with Crippen LogP contribution in [0, 0.1) is 0 Å². The van der Waals surface area contributed by atoms with E-state index < -0.39 is 0 Å². The molecule has 6 rings (SSSR count). The first-order valence-corrected chi connectivity index (χ1v) is 14.6. The van der Waals surface area contributed by atoms with Gasteiger partial charge in [-0.1, -0.05) is 48.0 Å². The average molecular weight is 572 g/mol. The minimum atomic E-state index is -0.0591. The quantitative estimate of drug-likeness (QED) is 0.312. The second-order valence-corrected chi connectivity index (χ2v) is 11.4. The number of hydrogen-bond donors (Lipinski definition) is 2. The number of carbonyl (C=O) groups is 2. The summed E-state index contributed by atoms with van der Waals surface area (Å²) in [5.74, 6) is 0.737. The number of anilines is 2. The Morgan fingerprint density at radius 1 is 1.05 bits per heavy atom.